The van der Waals surface area contributed by atoms with Gasteiger partial charge in [0, 0.05) is 31.2 Å². The molecule has 1 amide bonds. The van der Waals surface area contributed by atoms with Crippen LogP contribution in [0, 0.1) is 0 Å². The predicted octanol–water partition coefficient (Wildman–Crippen LogP) is 4.11. The smallest absolute Gasteiger partial charge is 0.243 e. The number of nitrogens with zero attached hydrogens (tertiary/aromatic N) is 1. The van der Waals surface area contributed by atoms with Gasteiger partial charge in [0.25, 0.3) is 0 Å². The number of rotatable bonds is 5. The molecular weight excluding hydrogens is 321 g/mol. The van der Waals surface area contributed by atoms with Gasteiger partial charge in [0.2, 0.25) is 5.91 Å². The first-order valence-corrected chi connectivity index (χ1v) is 7.47. The molecule has 2 aromatic rings. The van der Waals surface area contributed by atoms with Gasteiger partial charge in [0.1, 0.15) is 0 Å². The molecule has 0 saturated heterocycles. The monoisotopic (exact) mass is 337 g/mol. The normalized spacial score (nSPS) is 10.2. The molecule has 0 fully saturated rings. The lowest BCUT2D eigenvalue weighted by Crippen LogP contribution is -2.21. The second-order valence-electron chi connectivity index (χ2n) is 4.97. The van der Waals surface area contributed by atoms with Crippen molar-refractivity contribution in [3.05, 3.63) is 52.5 Å². The molecule has 0 aliphatic rings. The van der Waals surface area contributed by atoms with Crippen LogP contribution in [-0.2, 0) is 4.79 Å². The quantitative estimate of drug-likeness (QED) is 0.862. The van der Waals surface area contributed by atoms with Crippen molar-refractivity contribution in [3.63, 3.8) is 0 Å². The van der Waals surface area contributed by atoms with Crippen LogP contribution in [0.25, 0.3) is 0 Å². The number of amides is 1. The summed E-state index contributed by atoms with van der Waals surface area (Å²) in [5, 5.41) is 6.76. The van der Waals surface area contributed by atoms with Gasteiger partial charge < -0.3 is 15.5 Å². The highest BCUT2D eigenvalue weighted by Gasteiger charge is 2.04. The number of hydrogen-bond donors (Lipinski definition) is 2. The van der Waals surface area contributed by atoms with Crippen LogP contribution in [0.1, 0.15) is 0 Å². The van der Waals surface area contributed by atoms with Gasteiger partial charge >= 0.3 is 0 Å². The van der Waals surface area contributed by atoms with E-state index in [0.29, 0.717) is 10.0 Å². The molecule has 2 N–H and O–H groups in total. The minimum absolute atomic E-state index is 0.135. The molecule has 0 saturated carbocycles. The van der Waals surface area contributed by atoms with E-state index in [2.05, 4.69) is 10.6 Å². The summed E-state index contributed by atoms with van der Waals surface area (Å²) < 4.78 is 0. The molecule has 0 heterocycles. The first kappa shape index (κ1) is 16.5. The fraction of sp³-hybridized carbons (Fsp3) is 0.188. The van der Waals surface area contributed by atoms with E-state index in [1.165, 1.54) is 0 Å². The number of nitrogens with one attached hydrogen (secondary N) is 2. The number of carbonyl (C=O) groups is 1. The largest absolute Gasteiger partial charge is 0.378 e. The van der Waals surface area contributed by atoms with E-state index in [0.717, 1.165) is 17.1 Å². The summed E-state index contributed by atoms with van der Waals surface area (Å²) in [5.41, 5.74) is 2.57. The highest BCUT2D eigenvalue weighted by atomic mass is 35.5. The van der Waals surface area contributed by atoms with Crippen LogP contribution in [-0.4, -0.2) is 26.5 Å². The topological polar surface area (TPSA) is 44.4 Å². The van der Waals surface area contributed by atoms with Gasteiger partial charge in [-0.3, -0.25) is 4.79 Å². The lowest BCUT2D eigenvalue weighted by atomic mass is 10.2. The van der Waals surface area contributed by atoms with Crippen LogP contribution in [0.15, 0.2) is 42.5 Å². The van der Waals surface area contributed by atoms with Crippen LogP contribution in [0.4, 0.5) is 17.1 Å². The van der Waals surface area contributed by atoms with Gasteiger partial charge in [-0.25, -0.2) is 0 Å². The van der Waals surface area contributed by atoms with Crippen molar-refractivity contribution in [2.45, 2.75) is 0 Å². The van der Waals surface area contributed by atoms with Gasteiger partial charge in [-0.05, 0) is 42.5 Å². The van der Waals surface area contributed by atoms with Crippen LogP contribution in [0.3, 0.4) is 0 Å². The minimum Gasteiger partial charge on any atom is -0.378 e. The predicted molar refractivity (Wildman–Crippen MR) is 94.4 cm³/mol. The molecule has 6 heteroatoms. The minimum atomic E-state index is -0.135. The fourth-order valence-corrected chi connectivity index (χ4v) is 2.13. The van der Waals surface area contributed by atoms with Crippen molar-refractivity contribution in [2.75, 3.05) is 36.2 Å². The Morgan fingerprint density at radius 2 is 1.64 bits per heavy atom. The molecule has 0 radical (unpaired) electrons. The maximum absolute atomic E-state index is 11.9. The highest BCUT2D eigenvalue weighted by Crippen LogP contribution is 2.24. The van der Waals surface area contributed by atoms with Crippen LogP contribution in [0.5, 0.6) is 0 Å². The summed E-state index contributed by atoms with van der Waals surface area (Å²) >= 11 is 11.8. The maximum atomic E-state index is 11.9. The molecule has 116 valence electrons. The van der Waals surface area contributed by atoms with Gasteiger partial charge in [0.15, 0.2) is 0 Å². The molecule has 0 aliphatic heterocycles. The Kier molecular flexibility index (Phi) is 5.52. The van der Waals surface area contributed by atoms with Crippen LogP contribution in [0.2, 0.25) is 10.0 Å². The van der Waals surface area contributed by atoms with Crippen molar-refractivity contribution < 1.29 is 4.79 Å². The molecule has 0 spiro atoms. The average molecular weight is 338 g/mol. The van der Waals surface area contributed by atoms with Crippen molar-refractivity contribution in [3.8, 4) is 0 Å². The van der Waals surface area contributed by atoms with E-state index >= 15 is 0 Å². The lowest BCUT2D eigenvalue weighted by Gasteiger charge is -2.13. The van der Waals surface area contributed by atoms with E-state index in [1.54, 1.807) is 18.2 Å². The molecule has 2 rings (SSSR count). The van der Waals surface area contributed by atoms with Crippen molar-refractivity contribution in [2.24, 2.45) is 0 Å². The molecule has 0 atom stereocenters. The van der Waals surface area contributed by atoms with Crippen LogP contribution < -0.4 is 15.5 Å². The molecule has 22 heavy (non-hydrogen) atoms. The lowest BCUT2D eigenvalue weighted by molar-refractivity contribution is -0.114. The van der Waals surface area contributed by atoms with Crippen molar-refractivity contribution in [1.82, 2.24) is 0 Å². The molecule has 0 unspecified atom stereocenters. The summed E-state index contributed by atoms with van der Waals surface area (Å²) in [6.45, 7) is 0.146. The summed E-state index contributed by atoms with van der Waals surface area (Å²) in [6.07, 6.45) is 0. The Labute approximate surface area is 140 Å². The standard InChI is InChI=1S/C16H17Cl2N3O/c1-21(2)13-6-3-11(4-7-13)20-16(22)10-19-12-5-8-14(17)15(18)9-12/h3-9,19H,10H2,1-2H3,(H,20,22). The van der Waals surface area contributed by atoms with E-state index in [9.17, 15) is 4.79 Å². The Morgan fingerprint density at radius 1 is 1.00 bits per heavy atom. The zero-order chi connectivity index (χ0) is 16.1. The molecular formula is C16H17Cl2N3O. The highest BCUT2D eigenvalue weighted by molar-refractivity contribution is 6.42. The number of anilines is 3. The molecule has 0 aromatic heterocycles. The zero-order valence-corrected chi connectivity index (χ0v) is 13.9. The summed E-state index contributed by atoms with van der Waals surface area (Å²) in [5.74, 6) is -0.135. The fourth-order valence-electron chi connectivity index (χ4n) is 1.84. The van der Waals surface area contributed by atoms with Crippen LogP contribution >= 0.6 is 23.2 Å². The van der Waals surface area contributed by atoms with E-state index in [1.807, 2.05) is 43.3 Å². The molecule has 4 nitrogen and oxygen atoms in total. The van der Waals surface area contributed by atoms with Gasteiger partial charge in [-0.2, -0.15) is 0 Å². The van der Waals surface area contributed by atoms with Gasteiger partial charge in [-0.15, -0.1) is 0 Å². The summed E-state index contributed by atoms with van der Waals surface area (Å²) in [6, 6.07) is 12.8. The third-order valence-corrected chi connectivity index (χ3v) is 3.78. The van der Waals surface area contributed by atoms with E-state index < -0.39 is 0 Å². The molecule has 0 bridgehead atoms. The number of hydrogen-bond acceptors (Lipinski definition) is 3. The van der Waals surface area contributed by atoms with Crippen molar-refractivity contribution in [1.29, 1.82) is 0 Å². The molecule has 2 aromatic carbocycles. The van der Waals surface area contributed by atoms with Gasteiger partial charge in [-0.1, -0.05) is 23.2 Å². The van der Waals surface area contributed by atoms with Crippen molar-refractivity contribution >= 4 is 46.2 Å². The Morgan fingerprint density at radius 3 is 2.23 bits per heavy atom. The molecule has 0 aliphatic carbocycles. The summed E-state index contributed by atoms with van der Waals surface area (Å²) in [7, 11) is 3.93. The number of carbonyl (C=O) groups excluding carboxylic acids is 1. The SMILES string of the molecule is CN(C)c1ccc(NC(=O)CNc2ccc(Cl)c(Cl)c2)cc1. The second-order valence-corrected chi connectivity index (χ2v) is 5.79. The third-order valence-electron chi connectivity index (χ3n) is 3.04. The first-order chi connectivity index (χ1) is 10.5. The van der Waals surface area contributed by atoms with E-state index in [4.69, 9.17) is 23.2 Å². The number of benzene rings is 2. The van der Waals surface area contributed by atoms with E-state index in [-0.39, 0.29) is 12.5 Å². The Balaban J connectivity index is 1.88. The third kappa shape index (κ3) is 4.55. The first-order valence-electron chi connectivity index (χ1n) is 6.72. The number of halogens is 2. The Hall–Kier alpha value is -1.91. The van der Waals surface area contributed by atoms with Gasteiger partial charge in [0.05, 0.1) is 16.6 Å². The Bertz CT molecular complexity index is 657. The second kappa shape index (κ2) is 7.38. The average Bonchev–Trinajstić information content (AvgIpc) is 2.49. The zero-order valence-electron chi connectivity index (χ0n) is 12.4. The maximum Gasteiger partial charge on any atom is 0.243 e. The summed E-state index contributed by atoms with van der Waals surface area (Å²) in [4.78, 5) is 13.9.